The van der Waals surface area contributed by atoms with Crippen LogP contribution in [-0.2, 0) is 25.1 Å². The van der Waals surface area contributed by atoms with Gasteiger partial charge in [0.25, 0.3) is 0 Å². The predicted molar refractivity (Wildman–Crippen MR) is 83.8 cm³/mol. The van der Waals surface area contributed by atoms with Gasteiger partial charge in [0, 0.05) is 19.7 Å². The van der Waals surface area contributed by atoms with Gasteiger partial charge in [-0.05, 0) is 31.2 Å². The Bertz CT molecular complexity index is 811. The number of tetrazole rings is 1. The summed E-state index contributed by atoms with van der Waals surface area (Å²) >= 11 is 0. The van der Waals surface area contributed by atoms with Crippen molar-refractivity contribution in [3.8, 4) is 0 Å². The molecule has 0 fully saturated rings. The molecule has 1 N–H and O–H groups in total. The Morgan fingerprint density at radius 2 is 1.62 bits per heavy atom. The van der Waals surface area contributed by atoms with Crippen molar-refractivity contribution in [2.75, 3.05) is 0 Å². The number of Topliss-reactive ketones (excluding diaryl/α,β-unsaturated/α-hetero) is 1. The number of carbonyl (C=O) groups is 1. The number of allylic oxidation sites excluding steroid dienone is 2. The smallest absolute Gasteiger partial charge is 0.451 e. The maximum Gasteiger partial charge on any atom is 0.451 e. The molecule has 0 unspecified atom stereocenters. The van der Waals surface area contributed by atoms with Gasteiger partial charge in [0.05, 0.1) is 5.57 Å². The molecular formula is C14H18F3N7O2. The summed E-state index contributed by atoms with van der Waals surface area (Å²) in [6, 6.07) is 0. The molecule has 0 saturated carbocycles. The summed E-state index contributed by atoms with van der Waals surface area (Å²) in [6.45, 7) is 8.20. The second kappa shape index (κ2) is 7.89. The highest BCUT2D eigenvalue weighted by Crippen LogP contribution is 2.27. The van der Waals surface area contributed by atoms with E-state index in [0.29, 0.717) is 5.57 Å². The van der Waals surface area contributed by atoms with Crippen LogP contribution in [0.25, 0.3) is 0 Å². The summed E-state index contributed by atoms with van der Waals surface area (Å²) in [6.07, 6.45) is -4.41. The van der Waals surface area contributed by atoms with Crippen LogP contribution < -0.4 is 0 Å². The second-order valence-corrected chi connectivity index (χ2v) is 5.26. The Morgan fingerprint density at radius 3 is 1.77 bits per heavy atom. The van der Waals surface area contributed by atoms with E-state index in [2.05, 4.69) is 32.3 Å². The minimum atomic E-state index is -4.41. The first-order valence-electron chi connectivity index (χ1n) is 7.13. The SMILES string of the molecule is C=C1C(=O)C(C)=C1O.Cc1nnc(C(F)(F)F)n1C.Cc1nnnn1C. The molecule has 0 amide bonds. The highest BCUT2D eigenvalue weighted by Gasteiger charge is 2.36. The van der Waals surface area contributed by atoms with E-state index in [0.717, 1.165) is 10.4 Å². The number of aryl methyl sites for hydroxylation is 3. The van der Waals surface area contributed by atoms with Crippen LogP contribution in [0.3, 0.4) is 0 Å². The molecule has 12 heteroatoms. The third-order valence-electron chi connectivity index (χ3n) is 3.43. The first-order valence-corrected chi connectivity index (χ1v) is 7.13. The minimum Gasteiger partial charge on any atom is -0.507 e. The van der Waals surface area contributed by atoms with Gasteiger partial charge in [-0.15, -0.1) is 15.3 Å². The molecule has 1 aliphatic rings. The lowest BCUT2D eigenvalue weighted by atomic mass is 9.91. The monoisotopic (exact) mass is 373 g/mol. The lowest BCUT2D eigenvalue weighted by molar-refractivity contribution is -0.147. The van der Waals surface area contributed by atoms with E-state index in [1.54, 1.807) is 18.7 Å². The topological polar surface area (TPSA) is 112 Å². The minimum absolute atomic E-state index is 0.0648. The summed E-state index contributed by atoms with van der Waals surface area (Å²) in [5.74, 6) is 0.0600. The number of aliphatic hydroxyl groups is 1. The number of hydrogen-bond acceptors (Lipinski definition) is 7. The van der Waals surface area contributed by atoms with Crippen LogP contribution in [0.4, 0.5) is 13.2 Å². The Labute approximate surface area is 146 Å². The zero-order chi connectivity index (χ0) is 20.2. The number of rotatable bonds is 0. The molecule has 0 saturated heterocycles. The fraction of sp³-hybridized carbons (Fsp3) is 0.429. The van der Waals surface area contributed by atoms with E-state index >= 15 is 0 Å². The van der Waals surface area contributed by atoms with E-state index < -0.39 is 12.0 Å². The third-order valence-corrected chi connectivity index (χ3v) is 3.43. The molecule has 0 aliphatic heterocycles. The van der Waals surface area contributed by atoms with Crippen molar-refractivity contribution < 1.29 is 23.1 Å². The van der Waals surface area contributed by atoms with Gasteiger partial charge in [-0.2, -0.15) is 13.2 Å². The number of hydrogen-bond donors (Lipinski definition) is 1. The van der Waals surface area contributed by atoms with Crippen LogP contribution >= 0.6 is 0 Å². The van der Waals surface area contributed by atoms with Gasteiger partial charge in [-0.25, -0.2) is 4.68 Å². The van der Waals surface area contributed by atoms with Crippen LogP contribution in [0.15, 0.2) is 23.5 Å². The standard InChI is InChI=1S/C6H6O2.C5H6F3N3.C3H6N4/c1-3-5(7)4(2)6(3)8;1-3-9-10-4(11(3)2)5(6,7)8;1-3-4-5-6-7(3)2/h7H,1H2,2H3;1-2H3;1-2H3. The van der Waals surface area contributed by atoms with Gasteiger partial charge in [0.15, 0.2) is 5.78 Å². The first-order chi connectivity index (χ1) is 11.9. The van der Waals surface area contributed by atoms with Crippen LogP contribution in [0, 0.1) is 13.8 Å². The Kier molecular flexibility index (Phi) is 6.37. The summed E-state index contributed by atoms with van der Waals surface area (Å²) in [5.41, 5.74) is 0.664. The molecule has 9 nitrogen and oxygen atoms in total. The summed E-state index contributed by atoms with van der Waals surface area (Å²) in [4.78, 5) is 10.5. The summed E-state index contributed by atoms with van der Waals surface area (Å²) in [7, 11) is 3.08. The number of carbonyl (C=O) groups excluding carboxylic acids is 1. The van der Waals surface area contributed by atoms with Gasteiger partial charge in [-0.1, -0.05) is 6.58 Å². The van der Waals surface area contributed by atoms with Crippen molar-refractivity contribution in [2.45, 2.75) is 26.9 Å². The Balaban J connectivity index is 0.000000201. The molecule has 0 radical (unpaired) electrons. The lowest BCUT2D eigenvalue weighted by Crippen LogP contribution is -2.18. The van der Waals surface area contributed by atoms with Crippen molar-refractivity contribution in [3.05, 3.63) is 41.0 Å². The van der Waals surface area contributed by atoms with Crippen molar-refractivity contribution in [2.24, 2.45) is 14.1 Å². The number of aromatic nitrogens is 7. The van der Waals surface area contributed by atoms with Crippen LogP contribution in [-0.4, -0.2) is 45.9 Å². The zero-order valence-corrected chi connectivity index (χ0v) is 14.8. The average molecular weight is 373 g/mol. The van der Waals surface area contributed by atoms with Gasteiger partial charge < -0.3 is 9.67 Å². The van der Waals surface area contributed by atoms with Gasteiger partial charge in [0.2, 0.25) is 5.82 Å². The van der Waals surface area contributed by atoms with Gasteiger partial charge in [0.1, 0.15) is 17.4 Å². The second-order valence-electron chi connectivity index (χ2n) is 5.26. The number of halogens is 3. The van der Waals surface area contributed by atoms with Crippen LogP contribution in [0.5, 0.6) is 0 Å². The third kappa shape index (κ3) is 4.74. The molecule has 3 rings (SSSR count). The average Bonchev–Trinajstić information content (AvgIpc) is 3.12. The highest BCUT2D eigenvalue weighted by atomic mass is 19.4. The maximum absolute atomic E-state index is 11.9. The first kappa shape index (κ1) is 21.0. The number of alkyl halides is 3. The fourth-order valence-corrected chi connectivity index (χ4v) is 1.53. The molecule has 1 aliphatic carbocycles. The van der Waals surface area contributed by atoms with Gasteiger partial charge in [-0.3, -0.25) is 4.79 Å². The quantitative estimate of drug-likeness (QED) is 0.698. The fourth-order valence-electron chi connectivity index (χ4n) is 1.53. The number of nitrogens with zero attached hydrogens (tertiary/aromatic N) is 7. The Hall–Kier alpha value is -3.05. The maximum atomic E-state index is 11.9. The van der Waals surface area contributed by atoms with Crippen LogP contribution in [0.2, 0.25) is 0 Å². The lowest BCUT2D eigenvalue weighted by Gasteiger charge is -2.15. The number of ketones is 1. The molecule has 2 heterocycles. The molecular weight excluding hydrogens is 355 g/mol. The predicted octanol–water partition coefficient (Wildman–Crippen LogP) is 1.62. The van der Waals surface area contributed by atoms with E-state index in [1.807, 2.05) is 6.92 Å². The molecule has 0 spiro atoms. The molecule has 26 heavy (non-hydrogen) atoms. The van der Waals surface area contributed by atoms with E-state index in [1.165, 1.54) is 14.0 Å². The molecule has 2 aromatic rings. The largest absolute Gasteiger partial charge is 0.507 e. The molecule has 0 atom stereocenters. The molecule has 2 aromatic heterocycles. The van der Waals surface area contributed by atoms with Crippen LogP contribution in [0.1, 0.15) is 24.4 Å². The van der Waals surface area contributed by atoms with E-state index in [9.17, 15) is 18.0 Å². The zero-order valence-electron chi connectivity index (χ0n) is 14.8. The molecule has 0 aromatic carbocycles. The van der Waals surface area contributed by atoms with Crippen molar-refractivity contribution in [1.82, 2.24) is 35.0 Å². The van der Waals surface area contributed by atoms with Gasteiger partial charge >= 0.3 is 6.18 Å². The summed E-state index contributed by atoms with van der Waals surface area (Å²) < 4.78 is 38.3. The van der Waals surface area contributed by atoms with Crippen molar-refractivity contribution >= 4 is 5.78 Å². The normalized spacial score (nSPS) is 13.5. The molecule has 0 bridgehead atoms. The molecule has 142 valence electrons. The van der Waals surface area contributed by atoms with Crippen molar-refractivity contribution in [3.63, 3.8) is 0 Å². The highest BCUT2D eigenvalue weighted by molar-refractivity contribution is 6.18. The Morgan fingerprint density at radius 1 is 1.04 bits per heavy atom. The van der Waals surface area contributed by atoms with E-state index in [-0.39, 0.29) is 22.9 Å². The van der Waals surface area contributed by atoms with Crippen molar-refractivity contribution in [1.29, 1.82) is 0 Å². The number of aliphatic hydroxyl groups excluding tert-OH is 1. The van der Waals surface area contributed by atoms with E-state index in [4.69, 9.17) is 5.11 Å². The summed E-state index contributed by atoms with van der Waals surface area (Å²) in [5, 5.41) is 25.5.